The lowest BCUT2D eigenvalue weighted by Gasteiger charge is -2.35. The summed E-state index contributed by atoms with van der Waals surface area (Å²) < 4.78 is 0. The first kappa shape index (κ1) is 18.0. The van der Waals surface area contributed by atoms with E-state index in [9.17, 15) is 0 Å². The number of hydrogen-bond acceptors (Lipinski definition) is 2. The average Bonchev–Trinajstić information content (AvgIpc) is 2.65. The highest BCUT2D eigenvalue weighted by atomic mass is 15.2. The van der Waals surface area contributed by atoms with Crippen LogP contribution in [0.5, 0.6) is 0 Å². The Morgan fingerprint density at radius 3 is 2.45 bits per heavy atom. The number of rotatable bonds is 9. The quantitative estimate of drug-likeness (QED) is 0.634. The molecule has 1 aliphatic carbocycles. The zero-order valence-corrected chi connectivity index (χ0v) is 14.8. The molecule has 1 fully saturated rings. The van der Waals surface area contributed by atoms with Gasteiger partial charge in [-0.05, 0) is 57.5 Å². The van der Waals surface area contributed by atoms with Crippen LogP contribution in [0.4, 0.5) is 0 Å². The maximum Gasteiger partial charge on any atom is 0.0159 e. The SMILES string of the molecule is CCCCCN(CC1CCC(C)(C)C1NCC)C(C)C. The van der Waals surface area contributed by atoms with Gasteiger partial charge >= 0.3 is 0 Å². The molecule has 0 amide bonds. The number of hydrogen-bond donors (Lipinski definition) is 1. The molecule has 2 unspecified atom stereocenters. The third-order valence-corrected chi connectivity index (χ3v) is 5.15. The minimum atomic E-state index is 0.465. The van der Waals surface area contributed by atoms with Gasteiger partial charge in [-0.15, -0.1) is 0 Å². The van der Waals surface area contributed by atoms with Gasteiger partial charge in [0, 0.05) is 18.6 Å². The second-order valence-corrected chi connectivity index (χ2v) is 7.62. The lowest BCUT2D eigenvalue weighted by molar-refractivity contribution is 0.155. The summed E-state index contributed by atoms with van der Waals surface area (Å²) in [5, 5.41) is 3.77. The first-order valence-electron chi connectivity index (χ1n) is 8.89. The maximum atomic E-state index is 3.77. The van der Waals surface area contributed by atoms with Crippen molar-refractivity contribution in [3.8, 4) is 0 Å². The van der Waals surface area contributed by atoms with E-state index in [-0.39, 0.29) is 0 Å². The van der Waals surface area contributed by atoms with Crippen molar-refractivity contribution in [1.29, 1.82) is 0 Å². The molecule has 120 valence electrons. The molecule has 1 aliphatic rings. The number of nitrogens with one attached hydrogen (secondary N) is 1. The number of unbranched alkanes of at least 4 members (excludes halogenated alkanes) is 2. The molecule has 0 aromatic rings. The van der Waals surface area contributed by atoms with E-state index < -0.39 is 0 Å². The molecule has 0 spiro atoms. The Bertz CT molecular complexity index is 260. The van der Waals surface area contributed by atoms with Crippen LogP contribution >= 0.6 is 0 Å². The monoisotopic (exact) mass is 282 g/mol. The van der Waals surface area contributed by atoms with Gasteiger partial charge in [-0.2, -0.15) is 0 Å². The van der Waals surface area contributed by atoms with Crippen molar-refractivity contribution in [2.75, 3.05) is 19.6 Å². The average molecular weight is 283 g/mol. The van der Waals surface area contributed by atoms with E-state index >= 15 is 0 Å². The van der Waals surface area contributed by atoms with Crippen LogP contribution in [-0.2, 0) is 0 Å². The van der Waals surface area contributed by atoms with Crippen molar-refractivity contribution in [2.45, 2.75) is 85.7 Å². The van der Waals surface area contributed by atoms with Crippen LogP contribution in [0.1, 0.15) is 73.6 Å². The fourth-order valence-corrected chi connectivity index (χ4v) is 3.80. The van der Waals surface area contributed by atoms with E-state index in [1.165, 1.54) is 45.2 Å². The largest absolute Gasteiger partial charge is 0.313 e. The molecular weight excluding hydrogens is 244 g/mol. The van der Waals surface area contributed by atoms with Crippen molar-refractivity contribution in [3.05, 3.63) is 0 Å². The Hall–Kier alpha value is -0.0800. The molecule has 0 radical (unpaired) electrons. The second kappa shape index (κ2) is 8.38. The van der Waals surface area contributed by atoms with Crippen LogP contribution in [0.2, 0.25) is 0 Å². The van der Waals surface area contributed by atoms with E-state index in [1.54, 1.807) is 0 Å². The molecule has 2 atom stereocenters. The van der Waals surface area contributed by atoms with E-state index in [1.807, 2.05) is 0 Å². The van der Waals surface area contributed by atoms with Gasteiger partial charge in [0.1, 0.15) is 0 Å². The predicted octanol–water partition coefficient (Wildman–Crippen LogP) is 4.30. The summed E-state index contributed by atoms with van der Waals surface area (Å²) in [6.45, 7) is 17.8. The van der Waals surface area contributed by atoms with Gasteiger partial charge in [0.2, 0.25) is 0 Å². The van der Waals surface area contributed by atoms with Crippen molar-refractivity contribution in [2.24, 2.45) is 11.3 Å². The molecule has 0 heterocycles. The van der Waals surface area contributed by atoms with Gasteiger partial charge in [0.25, 0.3) is 0 Å². The molecule has 2 heteroatoms. The third-order valence-electron chi connectivity index (χ3n) is 5.15. The normalized spacial score (nSPS) is 25.8. The topological polar surface area (TPSA) is 15.3 Å². The highest BCUT2D eigenvalue weighted by molar-refractivity contribution is 4.97. The summed E-state index contributed by atoms with van der Waals surface area (Å²) in [4.78, 5) is 2.71. The fourth-order valence-electron chi connectivity index (χ4n) is 3.80. The lowest BCUT2D eigenvalue weighted by Crippen LogP contribution is -2.47. The van der Waals surface area contributed by atoms with Crippen LogP contribution in [0.3, 0.4) is 0 Å². The summed E-state index contributed by atoms with van der Waals surface area (Å²) in [5.74, 6) is 0.828. The molecule has 1 rings (SSSR count). The standard InChI is InChI=1S/C18H38N2/c1-7-9-10-13-20(15(3)4)14-16-11-12-18(5,6)17(16)19-8-2/h15-17,19H,7-14H2,1-6H3. The second-order valence-electron chi connectivity index (χ2n) is 7.62. The molecule has 0 aliphatic heterocycles. The maximum absolute atomic E-state index is 3.77. The minimum absolute atomic E-state index is 0.465. The summed E-state index contributed by atoms with van der Waals surface area (Å²) >= 11 is 0. The van der Waals surface area contributed by atoms with E-state index in [4.69, 9.17) is 0 Å². The van der Waals surface area contributed by atoms with Crippen LogP contribution in [0.25, 0.3) is 0 Å². The highest BCUT2D eigenvalue weighted by Gasteiger charge is 2.41. The Morgan fingerprint density at radius 2 is 1.90 bits per heavy atom. The summed E-state index contributed by atoms with van der Waals surface area (Å²) in [6.07, 6.45) is 6.81. The summed E-state index contributed by atoms with van der Waals surface area (Å²) in [6, 6.07) is 1.37. The van der Waals surface area contributed by atoms with Crippen LogP contribution in [-0.4, -0.2) is 36.6 Å². The number of nitrogens with zero attached hydrogens (tertiary/aromatic N) is 1. The minimum Gasteiger partial charge on any atom is -0.313 e. The Morgan fingerprint density at radius 1 is 1.20 bits per heavy atom. The predicted molar refractivity (Wildman–Crippen MR) is 90.2 cm³/mol. The molecule has 1 saturated carbocycles. The Kier molecular flexibility index (Phi) is 7.53. The summed E-state index contributed by atoms with van der Waals surface area (Å²) in [7, 11) is 0. The lowest BCUT2D eigenvalue weighted by atomic mass is 9.84. The Labute approximate surface area is 127 Å². The summed E-state index contributed by atoms with van der Waals surface area (Å²) in [5.41, 5.74) is 0.465. The zero-order chi connectivity index (χ0) is 15.2. The highest BCUT2D eigenvalue weighted by Crippen LogP contribution is 2.41. The van der Waals surface area contributed by atoms with E-state index in [2.05, 4.69) is 51.8 Å². The zero-order valence-electron chi connectivity index (χ0n) is 14.8. The van der Waals surface area contributed by atoms with Gasteiger partial charge in [-0.1, -0.05) is 40.5 Å². The molecule has 0 aromatic heterocycles. The molecule has 0 bridgehead atoms. The molecule has 1 N–H and O–H groups in total. The van der Waals surface area contributed by atoms with Crippen molar-refractivity contribution in [1.82, 2.24) is 10.2 Å². The van der Waals surface area contributed by atoms with Gasteiger partial charge in [0.15, 0.2) is 0 Å². The van der Waals surface area contributed by atoms with E-state index in [0.29, 0.717) is 17.5 Å². The van der Waals surface area contributed by atoms with Gasteiger partial charge < -0.3 is 10.2 Å². The van der Waals surface area contributed by atoms with Crippen LogP contribution < -0.4 is 5.32 Å². The third kappa shape index (κ3) is 5.04. The Balaban J connectivity index is 2.58. The first-order valence-corrected chi connectivity index (χ1v) is 8.89. The van der Waals surface area contributed by atoms with E-state index in [0.717, 1.165) is 12.5 Å². The van der Waals surface area contributed by atoms with Crippen molar-refractivity contribution < 1.29 is 0 Å². The van der Waals surface area contributed by atoms with Crippen LogP contribution in [0.15, 0.2) is 0 Å². The molecule has 2 nitrogen and oxygen atoms in total. The van der Waals surface area contributed by atoms with Gasteiger partial charge in [-0.3, -0.25) is 0 Å². The first-order chi connectivity index (χ1) is 9.42. The van der Waals surface area contributed by atoms with Crippen molar-refractivity contribution in [3.63, 3.8) is 0 Å². The molecule has 20 heavy (non-hydrogen) atoms. The van der Waals surface area contributed by atoms with Gasteiger partial charge in [0.05, 0.1) is 0 Å². The smallest absolute Gasteiger partial charge is 0.0159 e. The molecule has 0 saturated heterocycles. The van der Waals surface area contributed by atoms with Crippen LogP contribution in [0, 0.1) is 11.3 Å². The fraction of sp³-hybridized carbons (Fsp3) is 1.00. The van der Waals surface area contributed by atoms with Crippen molar-refractivity contribution >= 4 is 0 Å². The molecule has 0 aromatic carbocycles. The molecular formula is C18H38N2. The van der Waals surface area contributed by atoms with Gasteiger partial charge in [-0.25, -0.2) is 0 Å².